The number of hydrogen-bond donors (Lipinski definition) is 1. The third-order valence-corrected chi connectivity index (χ3v) is 6.10. The maximum Gasteiger partial charge on any atom is 0.242 e. The van der Waals surface area contributed by atoms with Crippen molar-refractivity contribution in [3.05, 3.63) is 69.7 Å². The summed E-state index contributed by atoms with van der Waals surface area (Å²) in [4.78, 5) is 27.6. The predicted octanol–water partition coefficient (Wildman–Crippen LogP) is 5.52. The average molecular weight is 461 g/mol. The van der Waals surface area contributed by atoms with Crippen LogP contribution in [-0.2, 0) is 21.9 Å². The minimum absolute atomic E-state index is 0.0779. The molecule has 1 N–H and O–H groups in total. The van der Waals surface area contributed by atoms with Crippen LogP contribution < -0.4 is 5.32 Å². The van der Waals surface area contributed by atoms with E-state index in [9.17, 15) is 9.59 Å². The summed E-state index contributed by atoms with van der Waals surface area (Å²) in [6.45, 7) is 12.0. The molecule has 0 aliphatic heterocycles. The molecule has 2 aromatic rings. The number of amides is 2. The Labute approximate surface area is 195 Å². The number of carbonyl (C=O) groups is 2. The van der Waals surface area contributed by atoms with Gasteiger partial charge in [-0.05, 0) is 58.7 Å². The van der Waals surface area contributed by atoms with Crippen molar-refractivity contribution in [1.82, 2.24) is 10.2 Å². The molecule has 4 nitrogen and oxygen atoms in total. The van der Waals surface area contributed by atoms with Crippen LogP contribution in [0.5, 0.6) is 0 Å². The zero-order valence-corrected chi connectivity index (χ0v) is 20.9. The molecule has 0 aromatic heterocycles. The highest BCUT2D eigenvalue weighted by Gasteiger charge is 2.28. The summed E-state index contributed by atoms with van der Waals surface area (Å²) in [7, 11) is 0. The Hall–Kier alpha value is -1.98. The molecule has 0 aliphatic rings. The number of hydrogen-bond acceptors (Lipinski definition) is 3. The highest BCUT2D eigenvalue weighted by Crippen LogP contribution is 2.21. The van der Waals surface area contributed by atoms with Crippen LogP contribution >= 0.6 is 23.4 Å². The van der Waals surface area contributed by atoms with Gasteiger partial charge in [-0.15, -0.1) is 11.8 Å². The number of carbonyl (C=O) groups excluding carboxylic acids is 2. The van der Waals surface area contributed by atoms with Gasteiger partial charge in [-0.3, -0.25) is 9.59 Å². The highest BCUT2D eigenvalue weighted by atomic mass is 35.5. The topological polar surface area (TPSA) is 49.4 Å². The number of benzene rings is 2. The minimum atomic E-state index is -0.607. The van der Waals surface area contributed by atoms with Gasteiger partial charge in [0, 0.05) is 22.9 Å². The van der Waals surface area contributed by atoms with Crippen LogP contribution in [0.15, 0.2) is 42.5 Å². The predicted molar refractivity (Wildman–Crippen MR) is 131 cm³/mol. The van der Waals surface area contributed by atoms with Gasteiger partial charge in [0.05, 0.1) is 5.75 Å². The summed E-state index contributed by atoms with van der Waals surface area (Å²) in [5.74, 6) is 0.791. The van der Waals surface area contributed by atoms with E-state index >= 15 is 0 Å². The van der Waals surface area contributed by atoms with Crippen LogP contribution in [0, 0.1) is 13.8 Å². The lowest BCUT2D eigenvalue weighted by atomic mass is 10.1. The van der Waals surface area contributed by atoms with Crippen LogP contribution in [0.2, 0.25) is 5.02 Å². The van der Waals surface area contributed by atoms with Crippen LogP contribution in [0.4, 0.5) is 0 Å². The van der Waals surface area contributed by atoms with Gasteiger partial charge < -0.3 is 10.2 Å². The van der Waals surface area contributed by atoms with E-state index in [1.54, 1.807) is 29.7 Å². The molecule has 0 heterocycles. The second kappa shape index (κ2) is 11.1. The van der Waals surface area contributed by atoms with Crippen molar-refractivity contribution in [2.75, 3.05) is 5.75 Å². The molecule has 0 saturated carbocycles. The first-order valence-corrected chi connectivity index (χ1v) is 12.0. The van der Waals surface area contributed by atoms with Gasteiger partial charge in [-0.25, -0.2) is 0 Å². The van der Waals surface area contributed by atoms with Gasteiger partial charge in [0.1, 0.15) is 6.04 Å². The number of rotatable bonds is 8. The molecular weight excluding hydrogens is 428 g/mol. The lowest BCUT2D eigenvalue weighted by Gasteiger charge is -2.31. The third kappa shape index (κ3) is 8.23. The Balaban J connectivity index is 2.13. The Morgan fingerprint density at radius 1 is 1.10 bits per heavy atom. The monoisotopic (exact) mass is 460 g/mol. The van der Waals surface area contributed by atoms with Gasteiger partial charge in [0.15, 0.2) is 0 Å². The molecule has 31 heavy (non-hydrogen) atoms. The Morgan fingerprint density at radius 2 is 1.71 bits per heavy atom. The van der Waals surface area contributed by atoms with Gasteiger partial charge in [0.2, 0.25) is 11.8 Å². The number of nitrogens with zero attached hydrogens (tertiary/aromatic N) is 1. The summed E-state index contributed by atoms with van der Waals surface area (Å²) in [6, 6.07) is 13.3. The summed E-state index contributed by atoms with van der Waals surface area (Å²) in [5, 5.41) is 3.57. The molecule has 2 amide bonds. The smallest absolute Gasteiger partial charge is 0.242 e. The zero-order chi connectivity index (χ0) is 23.2. The molecule has 168 valence electrons. The van der Waals surface area contributed by atoms with Crippen molar-refractivity contribution >= 4 is 35.2 Å². The normalized spacial score (nSPS) is 12.4. The minimum Gasteiger partial charge on any atom is -0.350 e. The fourth-order valence-electron chi connectivity index (χ4n) is 3.36. The molecule has 2 aromatic carbocycles. The molecule has 0 aliphatic carbocycles. The molecule has 0 radical (unpaired) electrons. The average Bonchev–Trinajstić information content (AvgIpc) is 2.64. The first-order valence-electron chi connectivity index (χ1n) is 10.5. The maximum absolute atomic E-state index is 13.2. The van der Waals surface area contributed by atoms with Crippen molar-refractivity contribution in [1.29, 1.82) is 0 Å². The Morgan fingerprint density at radius 3 is 2.29 bits per heavy atom. The van der Waals surface area contributed by atoms with E-state index < -0.39 is 6.04 Å². The molecule has 2 rings (SSSR count). The molecule has 0 fully saturated rings. The standard InChI is InChI=1S/C25H33ClN2O2S/c1-17-11-18(2)13-20(12-17)15-31-16-23(29)28(14-21-9-7-8-10-22(21)26)19(3)24(30)27-25(4,5)6/h7-13,19H,14-16H2,1-6H3,(H,27,30)/t19-/m0/s1. The summed E-state index contributed by atoms with van der Waals surface area (Å²) in [5.41, 5.74) is 4.09. The van der Waals surface area contributed by atoms with E-state index in [1.807, 2.05) is 39.0 Å². The maximum atomic E-state index is 13.2. The van der Waals surface area contributed by atoms with E-state index in [4.69, 9.17) is 11.6 Å². The van der Waals surface area contributed by atoms with Crippen molar-refractivity contribution in [2.45, 2.75) is 65.4 Å². The number of aryl methyl sites for hydroxylation is 2. The first kappa shape index (κ1) is 25.3. The van der Waals surface area contributed by atoms with E-state index in [-0.39, 0.29) is 17.4 Å². The molecule has 0 bridgehead atoms. The lowest BCUT2D eigenvalue weighted by Crippen LogP contribution is -2.52. The van der Waals surface area contributed by atoms with Crippen molar-refractivity contribution in [2.24, 2.45) is 0 Å². The SMILES string of the molecule is Cc1cc(C)cc(CSCC(=O)N(Cc2ccccc2Cl)[C@@H](C)C(=O)NC(C)(C)C)c1. The van der Waals surface area contributed by atoms with Gasteiger partial charge in [-0.1, -0.05) is 59.1 Å². The van der Waals surface area contributed by atoms with E-state index in [0.717, 1.165) is 11.3 Å². The summed E-state index contributed by atoms with van der Waals surface area (Å²) >= 11 is 7.90. The highest BCUT2D eigenvalue weighted by molar-refractivity contribution is 7.99. The van der Waals surface area contributed by atoms with Crippen LogP contribution in [0.25, 0.3) is 0 Å². The van der Waals surface area contributed by atoms with Gasteiger partial charge in [-0.2, -0.15) is 0 Å². The zero-order valence-electron chi connectivity index (χ0n) is 19.3. The van der Waals surface area contributed by atoms with Crippen LogP contribution in [0.1, 0.15) is 49.9 Å². The fraction of sp³-hybridized carbons (Fsp3) is 0.440. The van der Waals surface area contributed by atoms with Crippen LogP contribution in [0.3, 0.4) is 0 Å². The summed E-state index contributed by atoms with van der Waals surface area (Å²) in [6.07, 6.45) is 0. The van der Waals surface area contributed by atoms with E-state index in [0.29, 0.717) is 17.3 Å². The lowest BCUT2D eigenvalue weighted by molar-refractivity contribution is -0.139. The molecule has 0 spiro atoms. The second-order valence-electron chi connectivity index (χ2n) is 9.02. The molecule has 0 saturated heterocycles. The third-order valence-electron chi connectivity index (χ3n) is 4.74. The van der Waals surface area contributed by atoms with E-state index in [2.05, 4.69) is 37.4 Å². The van der Waals surface area contributed by atoms with Crippen LogP contribution in [-0.4, -0.2) is 34.0 Å². The van der Waals surface area contributed by atoms with E-state index in [1.165, 1.54) is 16.7 Å². The molecule has 6 heteroatoms. The van der Waals surface area contributed by atoms with Crippen molar-refractivity contribution in [3.8, 4) is 0 Å². The Bertz CT molecular complexity index is 904. The summed E-state index contributed by atoms with van der Waals surface area (Å²) < 4.78 is 0. The van der Waals surface area contributed by atoms with Gasteiger partial charge in [0.25, 0.3) is 0 Å². The quantitative estimate of drug-likeness (QED) is 0.564. The molecular formula is C25H33ClN2O2S. The number of thioether (sulfide) groups is 1. The fourth-order valence-corrected chi connectivity index (χ4v) is 4.40. The largest absolute Gasteiger partial charge is 0.350 e. The molecule has 1 atom stereocenters. The van der Waals surface area contributed by atoms with Crippen molar-refractivity contribution < 1.29 is 9.59 Å². The Kier molecular flexibility index (Phi) is 9.01. The molecule has 0 unspecified atom stereocenters. The first-order chi connectivity index (χ1) is 14.5. The number of nitrogens with one attached hydrogen (secondary N) is 1. The second-order valence-corrected chi connectivity index (χ2v) is 10.4. The van der Waals surface area contributed by atoms with Gasteiger partial charge >= 0.3 is 0 Å². The number of halogens is 1. The van der Waals surface area contributed by atoms with Crippen molar-refractivity contribution in [3.63, 3.8) is 0 Å².